The number of benzene rings is 3. The molecular formula is C38H44F2O6. The van der Waals surface area contributed by atoms with Gasteiger partial charge < -0.3 is 18.9 Å². The molecule has 6 nitrogen and oxygen atoms in total. The lowest BCUT2D eigenvalue weighted by molar-refractivity contribution is -0.138. The molecule has 0 aromatic heterocycles. The van der Waals surface area contributed by atoms with E-state index in [4.69, 9.17) is 18.9 Å². The van der Waals surface area contributed by atoms with Gasteiger partial charge in [-0.15, -0.1) is 0 Å². The van der Waals surface area contributed by atoms with Crippen molar-refractivity contribution in [2.45, 2.75) is 64.2 Å². The standard InChI is InChI=1S/C38H44F2O6/c1-3-35(41)45-27-11-7-5-9-25-43-32-20-14-29(15-21-32)13-16-31-19-24-34(38(40)37(31)39)30-17-22-33(23-18-30)44-26-10-6-8-12-28-46-36(42)4-2/h3-4,14-15,17-24H,1-2,5-13,16,25-28H2. The van der Waals surface area contributed by atoms with Gasteiger partial charge in [-0.25, -0.2) is 18.4 Å². The van der Waals surface area contributed by atoms with Gasteiger partial charge in [0, 0.05) is 17.7 Å². The van der Waals surface area contributed by atoms with Crippen LogP contribution in [0.1, 0.15) is 62.5 Å². The maximum Gasteiger partial charge on any atom is 0.330 e. The summed E-state index contributed by atoms with van der Waals surface area (Å²) in [5.74, 6) is -1.05. The molecule has 0 bridgehead atoms. The number of esters is 2. The molecule has 0 amide bonds. The highest BCUT2D eigenvalue weighted by Gasteiger charge is 2.15. The molecule has 3 aromatic carbocycles. The molecule has 0 atom stereocenters. The Morgan fingerprint density at radius 1 is 0.565 bits per heavy atom. The lowest BCUT2D eigenvalue weighted by Crippen LogP contribution is -2.02. The van der Waals surface area contributed by atoms with Gasteiger partial charge in [-0.3, -0.25) is 0 Å². The summed E-state index contributed by atoms with van der Waals surface area (Å²) in [5, 5.41) is 0. The molecule has 0 saturated heterocycles. The van der Waals surface area contributed by atoms with Crippen LogP contribution in [0.2, 0.25) is 0 Å². The number of carbonyl (C=O) groups excluding carboxylic acids is 2. The summed E-state index contributed by atoms with van der Waals surface area (Å²) in [6.45, 7) is 8.65. The molecule has 3 rings (SSSR count). The molecule has 0 radical (unpaired) electrons. The smallest absolute Gasteiger partial charge is 0.330 e. The van der Waals surface area contributed by atoms with Crippen molar-refractivity contribution in [1.29, 1.82) is 0 Å². The molecule has 0 saturated carbocycles. The monoisotopic (exact) mass is 634 g/mol. The summed E-state index contributed by atoms with van der Waals surface area (Å²) >= 11 is 0. The Kier molecular flexibility index (Phi) is 16.1. The minimum absolute atomic E-state index is 0.211. The van der Waals surface area contributed by atoms with Gasteiger partial charge in [0.15, 0.2) is 11.6 Å². The minimum atomic E-state index is -0.855. The third kappa shape index (κ3) is 12.9. The topological polar surface area (TPSA) is 71.1 Å². The van der Waals surface area contributed by atoms with Crippen LogP contribution in [0.5, 0.6) is 11.5 Å². The molecule has 0 unspecified atom stereocenters. The zero-order valence-electron chi connectivity index (χ0n) is 26.4. The van der Waals surface area contributed by atoms with E-state index in [9.17, 15) is 9.59 Å². The van der Waals surface area contributed by atoms with Crippen LogP contribution in [0.4, 0.5) is 8.78 Å². The fraction of sp³-hybridized carbons (Fsp3) is 0.368. The van der Waals surface area contributed by atoms with Gasteiger partial charge in [0.25, 0.3) is 0 Å². The van der Waals surface area contributed by atoms with Gasteiger partial charge in [0.2, 0.25) is 0 Å². The van der Waals surface area contributed by atoms with Crippen LogP contribution in [0, 0.1) is 11.6 Å². The lowest BCUT2D eigenvalue weighted by atomic mass is 9.99. The summed E-state index contributed by atoms with van der Waals surface area (Å²) in [4.78, 5) is 22.0. The Labute approximate surface area is 271 Å². The molecule has 0 aliphatic carbocycles. The molecule has 0 heterocycles. The second kappa shape index (κ2) is 20.5. The number of hydrogen-bond donors (Lipinski definition) is 0. The first-order valence-corrected chi connectivity index (χ1v) is 15.9. The molecular weight excluding hydrogens is 590 g/mol. The van der Waals surface area contributed by atoms with Crippen LogP contribution in [-0.4, -0.2) is 38.4 Å². The van der Waals surface area contributed by atoms with Crippen LogP contribution >= 0.6 is 0 Å². The number of ether oxygens (including phenoxy) is 4. The highest BCUT2D eigenvalue weighted by Crippen LogP contribution is 2.29. The number of halogens is 2. The number of hydrogen-bond acceptors (Lipinski definition) is 6. The molecule has 0 N–H and O–H groups in total. The molecule has 0 spiro atoms. The Morgan fingerprint density at radius 2 is 1.04 bits per heavy atom. The lowest BCUT2D eigenvalue weighted by Gasteiger charge is -2.11. The minimum Gasteiger partial charge on any atom is -0.494 e. The van der Waals surface area contributed by atoms with Gasteiger partial charge in [0.1, 0.15) is 11.5 Å². The Morgan fingerprint density at radius 3 is 1.54 bits per heavy atom. The van der Waals surface area contributed by atoms with Crippen molar-refractivity contribution in [2.24, 2.45) is 0 Å². The quantitative estimate of drug-likeness (QED) is 0.0625. The Balaban J connectivity index is 1.36. The summed E-state index contributed by atoms with van der Waals surface area (Å²) in [5.41, 5.74) is 2.13. The van der Waals surface area contributed by atoms with Crippen molar-refractivity contribution < 1.29 is 37.3 Å². The zero-order valence-corrected chi connectivity index (χ0v) is 26.4. The van der Waals surface area contributed by atoms with Gasteiger partial charge >= 0.3 is 11.9 Å². The first-order chi connectivity index (χ1) is 22.4. The van der Waals surface area contributed by atoms with Crippen molar-refractivity contribution in [3.63, 3.8) is 0 Å². The Bertz CT molecular complexity index is 1390. The third-order valence-electron chi connectivity index (χ3n) is 7.37. The van der Waals surface area contributed by atoms with Crippen molar-refractivity contribution in [2.75, 3.05) is 26.4 Å². The summed E-state index contributed by atoms with van der Waals surface area (Å²) < 4.78 is 51.6. The maximum absolute atomic E-state index is 15.1. The summed E-state index contributed by atoms with van der Waals surface area (Å²) in [7, 11) is 0. The molecule has 0 fully saturated rings. The van der Waals surface area contributed by atoms with E-state index in [0.717, 1.165) is 74.8 Å². The fourth-order valence-electron chi connectivity index (χ4n) is 4.73. The summed E-state index contributed by atoms with van der Waals surface area (Å²) in [6.07, 6.45) is 10.4. The van der Waals surface area contributed by atoms with Crippen molar-refractivity contribution >= 4 is 11.9 Å². The number of carbonyl (C=O) groups is 2. The molecule has 3 aromatic rings. The fourth-order valence-corrected chi connectivity index (χ4v) is 4.73. The van der Waals surface area contributed by atoms with Crippen molar-refractivity contribution in [1.82, 2.24) is 0 Å². The van der Waals surface area contributed by atoms with Crippen LogP contribution in [0.3, 0.4) is 0 Å². The van der Waals surface area contributed by atoms with Gasteiger partial charge in [-0.1, -0.05) is 49.6 Å². The van der Waals surface area contributed by atoms with Crippen molar-refractivity contribution in [3.05, 3.63) is 109 Å². The average Bonchev–Trinajstić information content (AvgIpc) is 3.08. The molecule has 0 aliphatic rings. The van der Waals surface area contributed by atoms with E-state index in [-0.39, 0.29) is 5.56 Å². The first-order valence-electron chi connectivity index (χ1n) is 15.9. The highest BCUT2D eigenvalue weighted by atomic mass is 19.2. The second-order valence-electron chi connectivity index (χ2n) is 10.8. The predicted octanol–water partition coefficient (Wildman–Crippen LogP) is 8.75. The molecule has 0 aliphatic heterocycles. The van der Waals surface area contributed by atoms with E-state index < -0.39 is 23.6 Å². The SMILES string of the molecule is C=CC(=O)OCCCCCCOc1ccc(CCc2ccc(-c3ccc(OCCCCCCOC(=O)C=C)cc3)c(F)c2F)cc1. The van der Waals surface area contributed by atoms with E-state index >= 15 is 8.78 Å². The van der Waals surface area contributed by atoms with E-state index in [2.05, 4.69) is 13.2 Å². The highest BCUT2D eigenvalue weighted by molar-refractivity contribution is 5.81. The van der Waals surface area contributed by atoms with E-state index in [0.29, 0.717) is 56.1 Å². The third-order valence-corrected chi connectivity index (χ3v) is 7.37. The average molecular weight is 635 g/mol. The number of aryl methyl sites for hydroxylation is 2. The number of rotatable bonds is 22. The van der Waals surface area contributed by atoms with E-state index in [1.165, 1.54) is 0 Å². The van der Waals surface area contributed by atoms with E-state index in [1.807, 2.05) is 24.3 Å². The normalized spacial score (nSPS) is 10.7. The van der Waals surface area contributed by atoms with Gasteiger partial charge in [-0.05, 0) is 105 Å². The summed E-state index contributed by atoms with van der Waals surface area (Å²) in [6, 6.07) is 17.9. The van der Waals surface area contributed by atoms with Crippen LogP contribution in [-0.2, 0) is 31.9 Å². The second-order valence-corrected chi connectivity index (χ2v) is 10.8. The molecule has 8 heteroatoms. The molecule has 46 heavy (non-hydrogen) atoms. The van der Waals surface area contributed by atoms with Gasteiger partial charge in [-0.2, -0.15) is 0 Å². The van der Waals surface area contributed by atoms with Crippen LogP contribution in [0.25, 0.3) is 11.1 Å². The van der Waals surface area contributed by atoms with E-state index in [1.54, 1.807) is 36.4 Å². The van der Waals surface area contributed by atoms with Crippen LogP contribution in [0.15, 0.2) is 86.0 Å². The maximum atomic E-state index is 15.1. The first kappa shape index (κ1) is 36.0. The largest absolute Gasteiger partial charge is 0.494 e. The van der Waals surface area contributed by atoms with Gasteiger partial charge in [0.05, 0.1) is 26.4 Å². The molecule has 246 valence electrons. The van der Waals surface area contributed by atoms with Crippen LogP contribution < -0.4 is 9.47 Å². The number of unbranched alkanes of at least 4 members (excludes halogenated alkanes) is 6. The predicted molar refractivity (Wildman–Crippen MR) is 176 cm³/mol. The van der Waals surface area contributed by atoms with Crippen molar-refractivity contribution in [3.8, 4) is 22.6 Å². The zero-order chi connectivity index (χ0) is 33.0. The Hall–Kier alpha value is -4.46.